The lowest BCUT2D eigenvalue weighted by Crippen LogP contribution is -2.47. The van der Waals surface area contributed by atoms with E-state index in [0.717, 1.165) is 11.1 Å². The van der Waals surface area contributed by atoms with Gasteiger partial charge in [-0.2, -0.15) is 0 Å². The molecule has 3 N–H and O–H groups in total. The maximum atomic E-state index is 12.2. The zero-order valence-electron chi connectivity index (χ0n) is 16.7. The summed E-state index contributed by atoms with van der Waals surface area (Å²) in [4.78, 5) is 28.4. The Morgan fingerprint density at radius 3 is 2.63 bits per heavy atom. The number of aryl methyl sites for hydroxylation is 2. The second-order valence-corrected chi connectivity index (χ2v) is 8.50. The normalized spacial score (nSPS) is 16.3. The van der Waals surface area contributed by atoms with Crippen molar-refractivity contribution >= 4 is 27.7 Å². The summed E-state index contributed by atoms with van der Waals surface area (Å²) in [5.41, 5.74) is 6.80. The van der Waals surface area contributed by atoms with Crippen molar-refractivity contribution in [1.82, 2.24) is 15.6 Å². The molecule has 0 unspecified atom stereocenters. The zero-order chi connectivity index (χ0) is 21.9. The summed E-state index contributed by atoms with van der Waals surface area (Å²) in [6, 6.07) is 11.0. The van der Waals surface area contributed by atoms with E-state index in [4.69, 9.17) is 4.74 Å². The number of hydrazine groups is 1. The molecule has 0 fully saturated rings. The Morgan fingerprint density at radius 1 is 1.13 bits per heavy atom. The number of amides is 2. The van der Waals surface area contributed by atoms with Crippen molar-refractivity contribution in [2.24, 2.45) is 4.99 Å². The SMILES string of the molecule is Cc1ccc(C)c(OCC(=O)NNC(=O)[C@H](C)N=C2NS(=O)(=O)c3ccccc32)c1. The molecule has 158 valence electrons. The molecule has 1 heterocycles. The fraction of sp³-hybridized carbons (Fsp3) is 0.250. The molecule has 0 aromatic heterocycles. The van der Waals surface area contributed by atoms with Gasteiger partial charge in [-0.1, -0.05) is 24.3 Å². The van der Waals surface area contributed by atoms with Gasteiger partial charge in [0, 0.05) is 5.56 Å². The molecule has 1 aliphatic heterocycles. The van der Waals surface area contributed by atoms with Crippen molar-refractivity contribution in [2.45, 2.75) is 31.7 Å². The average molecular weight is 430 g/mol. The maximum Gasteiger partial charge on any atom is 0.276 e. The summed E-state index contributed by atoms with van der Waals surface area (Å²) in [6.07, 6.45) is 0. The minimum Gasteiger partial charge on any atom is -0.483 e. The van der Waals surface area contributed by atoms with E-state index in [1.54, 1.807) is 18.2 Å². The maximum absolute atomic E-state index is 12.2. The predicted octanol–water partition coefficient (Wildman–Crippen LogP) is 0.957. The van der Waals surface area contributed by atoms with Crippen LogP contribution in [0.3, 0.4) is 0 Å². The molecule has 10 heteroatoms. The number of amidine groups is 1. The quantitative estimate of drug-likeness (QED) is 0.609. The Bertz CT molecular complexity index is 1130. The Hall–Kier alpha value is -3.40. The van der Waals surface area contributed by atoms with Gasteiger partial charge in [0.15, 0.2) is 6.61 Å². The van der Waals surface area contributed by atoms with E-state index >= 15 is 0 Å². The van der Waals surface area contributed by atoms with Crippen LogP contribution in [0.4, 0.5) is 0 Å². The van der Waals surface area contributed by atoms with Crippen LogP contribution in [0, 0.1) is 13.8 Å². The van der Waals surface area contributed by atoms with E-state index in [1.807, 2.05) is 32.0 Å². The molecule has 3 rings (SSSR count). The lowest BCUT2D eigenvalue weighted by Gasteiger charge is -2.12. The Balaban J connectivity index is 1.56. The van der Waals surface area contributed by atoms with Gasteiger partial charge < -0.3 is 4.74 Å². The van der Waals surface area contributed by atoms with Crippen LogP contribution in [0.15, 0.2) is 52.4 Å². The van der Waals surface area contributed by atoms with Crippen LogP contribution in [0.2, 0.25) is 0 Å². The van der Waals surface area contributed by atoms with Gasteiger partial charge in [-0.25, -0.2) is 8.42 Å². The molecule has 30 heavy (non-hydrogen) atoms. The van der Waals surface area contributed by atoms with E-state index in [-0.39, 0.29) is 17.3 Å². The first kappa shape index (κ1) is 21.3. The van der Waals surface area contributed by atoms with Crippen molar-refractivity contribution < 1.29 is 22.7 Å². The van der Waals surface area contributed by atoms with Gasteiger partial charge in [-0.05, 0) is 50.1 Å². The zero-order valence-corrected chi connectivity index (χ0v) is 17.5. The third-order valence-corrected chi connectivity index (χ3v) is 5.79. The van der Waals surface area contributed by atoms with Gasteiger partial charge in [0.1, 0.15) is 17.6 Å². The first-order valence-electron chi connectivity index (χ1n) is 9.16. The number of rotatable bonds is 5. The number of ether oxygens (including phenoxy) is 1. The molecular formula is C20H22N4O5S. The molecule has 2 amide bonds. The molecular weight excluding hydrogens is 408 g/mol. The van der Waals surface area contributed by atoms with Crippen molar-refractivity contribution in [3.63, 3.8) is 0 Å². The van der Waals surface area contributed by atoms with Crippen LogP contribution in [0.25, 0.3) is 0 Å². The number of carbonyl (C=O) groups excluding carboxylic acids is 2. The number of nitrogens with zero attached hydrogens (tertiary/aromatic N) is 1. The predicted molar refractivity (Wildman–Crippen MR) is 110 cm³/mol. The molecule has 2 aromatic rings. The van der Waals surface area contributed by atoms with Gasteiger partial charge in [0.25, 0.3) is 21.8 Å². The topological polar surface area (TPSA) is 126 Å². The fourth-order valence-corrected chi connectivity index (χ4v) is 4.00. The van der Waals surface area contributed by atoms with Crippen molar-refractivity contribution in [2.75, 3.05) is 6.61 Å². The van der Waals surface area contributed by atoms with Crippen LogP contribution >= 0.6 is 0 Å². The third-order valence-electron chi connectivity index (χ3n) is 4.39. The standard InChI is InChI=1S/C20H22N4O5S/c1-12-8-9-13(2)16(10-12)29-11-18(25)22-23-20(26)14(3)21-19-15-6-4-5-7-17(15)30(27,28)24-19/h4-10,14H,11H2,1-3H3,(H,21,24)(H,22,25)(H,23,26)/t14-/m0/s1. The first-order chi connectivity index (χ1) is 14.2. The van der Waals surface area contributed by atoms with Crippen LogP contribution in [0.5, 0.6) is 5.75 Å². The molecule has 0 saturated heterocycles. The molecule has 0 bridgehead atoms. The highest BCUT2D eigenvalue weighted by atomic mass is 32.2. The molecule has 1 aliphatic rings. The Labute approximate surface area is 174 Å². The van der Waals surface area contributed by atoms with Crippen molar-refractivity contribution in [3.05, 3.63) is 59.2 Å². The van der Waals surface area contributed by atoms with Crippen LogP contribution < -0.4 is 20.3 Å². The molecule has 0 spiro atoms. The summed E-state index contributed by atoms with van der Waals surface area (Å²) < 4.78 is 32.0. The lowest BCUT2D eigenvalue weighted by molar-refractivity contribution is -0.130. The van der Waals surface area contributed by atoms with E-state index < -0.39 is 27.9 Å². The summed E-state index contributed by atoms with van der Waals surface area (Å²) in [7, 11) is -3.69. The monoisotopic (exact) mass is 430 g/mol. The number of sulfonamides is 1. The highest BCUT2D eigenvalue weighted by Gasteiger charge is 2.31. The number of hydrogen-bond donors (Lipinski definition) is 3. The fourth-order valence-electron chi connectivity index (χ4n) is 2.76. The molecule has 0 saturated carbocycles. The van der Waals surface area contributed by atoms with Gasteiger partial charge in [0.05, 0.1) is 4.90 Å². The molecule has 0 aliphatic carbocycles. The van der Waals surface area contributed by atoms with E-state index in [0.29, 0.717) is 11.3 Å². The summed E-state index contributed by atoms with van der Waals surface area (Å²) in [5, 5.41) is 0. The van der Waals surface area contributed by atoms with Crippen LogP contribution in [0.1, 0.15) is 23.6 Å². The van der Waals surface area contributed by atoms with Crippen molar-refractivity contribution in [1.29, 1.82) is 0 Å². The van der Waals surface area contributed by atoms with Gasteiger partial charge in [-0.15, -0.1) is 0 Å². The van der Waals surface area contributed by atoms with Crippen molar-refractivity contribution in [3.8, 4) is 5.75 Å². The van der Waals surface area contributed by atoms with Gasteiger partial charge in [-0.3, -0.25) is 30.2 Å². The highest BCUT2D eigenvalue weighted by molar-refractivity contribution is 7.90. The molecule has 0 radical (unpaired) electrons. The number of hydrogen-bond acceptors (Lipinski definition) is 6. The first-order valence-corrected chi connectivity index (χ1v) is 10.6. The van der Waals surface area contributed by atoms with Gasteiger partial charge >= 0.3 is 0 Å². The van der Waals surface area contributed by atoms with E-state index in [9.17, 15) is 18.0 Å². The van der Waals surface area contributed by atoms with Crippen LogP contribution in [-0.4, -0.2) is 38.7 Å². The van der Waals surface area contributed by atoms with Crippen LogP contribution in [-0.2, 0) is 19.6 Å². The van der Waals surface area contributed by atoms with E-state index in [1.165, 1.54) is 13.0 Å². The minimum absolute atomic E-state index is 0.0813. The number of fused-ring (bicyclic) bond motifs is 1. The largest absolute Gasteiger partial charge is 0.483 e. The lowest BCUT2D eigenvalue weighted by atomic mass is 10.1. The Morgan fingerprint density at radius 2 is 1.87 bits per heavy atom. The summed E-state index contributed by atoms with van der Waals surface area (Å²) >= 11 is 0. The van der Waals surface area contributed by atoms with Gasteiger partial charge in [0.2, 0.25) is 0 Å². The second kappa shape index (κ2) is 8.54. The van der Waals surface area contributed by atoms with E-state index in [2.05, 4.69) is 20.6 Å². The second-order valence-electron chi connectivity index (χ2n) is 6.85. The smallest absolute Gasteiger partial charge is 0.276 e. The third kappa shape index (κ3) is 4.77. The molecule has 1 atom stereocenters. The molecule has 2 aromatic carbocycles. The number of nitrogens with one attached hydrogen (secondary N) is 3. The number of benzene rings is 2. The molecule has 9 nitrogen and oxygen atoms in total. The number of aliphatic imine (C=N–C) groups is 1. The summed E-state index contributed by atoms with van der Waals surface area (Å²) in [5.74, 6) is -0.483. The average Bonchev–Trinajstić information content (AvgIpc) is 2.97. The Kier molecular flexibility index (Phi) is 6.06. The number of carbonyl (C=O) groups is 2. The highest BCUT2D eigenvalue weighted by Crippen LogP contribution is 2.22. The minimum atomic E-state index is -3.69. The summed E-state index contributed by atoms with van der Waals surface area (Å²) in [6.45, 7) is 4.99.